The summed E-state index contributed by atoms with van der Waals surface area (Å²) < 4.78 is 5.36. The minimum absolute atomic E-state index is 0.0663. The van der Waals surface area contributed by atoms with E-state index >= 15 is 0 Å². The zero-order valence-electron chi connectivity index (χ0n) is 16.1. The summed E-state index contributed by atoms with van der Waals surface area (Å²) in [7, 11) is 1.87. The molecule has 0 aromatic heterocycles. The molecule has 2 fully saturated rings. The number of carbonyl (C=O) groups excluding carboxylic acids is 1. The quantitative estimate of drug-likeness (QED) is 0.420. The van der Waals surface area contributed by atoms with Crippen LogP contribution in [0.5, 0.6) is 0 Å². The number of nitrogens with two attached hydrogens (primary N) is 1. The fourth-order valence-electron chi connectivity index (χ4n) is 3.88. The van der Waals surface area contributed by atoms with Crippen molar-refractivity contribution in [3.8, 4) is 0 Å². The molecule has 0 saturated carbocycles. The molecule has 1 aromatic rings. The molecule has 7 heteroatoms. The van der Waals surface area contributed by atoms with Crippen LogP contribution in [0.4, 0.5) is 0 Å². The van der Waals surface area contributed by atoms with Gasteiger partial charge in [0.2, 0.25) is 5.91 Å². The number of amides is 1. The standard InChI is InChI=1S/C20H31N5O2/c1-24-18(26)14-17(19(24)16-6-3-2-4-7-16)15-23-20(21)22-8-5-9-25-10-12-27-13-11-25/h2-4,6-7,17,19H,5,8-15H2,1H3,(H3,21,22,23). The highest BCUT2D eigenvalue weighted by atomic mass is 16.5. The molecule has 2 aliphatic rings. The zero-order valence-corrected chi connectivity index (χ0v) is 16.1. The predicted octanol–water partition coefficient (Wildman–Crippen LogP) is 0.833. The second-order valence-electron chi connectivity index (χ2n) is 7.28. The molecule has 2 unspecified atom stereocenters. The molecule has 0 radical (unpaired) electrons. The summed E-state index contributed by atoms with van der Waals surface area (Å²) in [6, 6.07) is 10.2. The van der Waals surface area contributed by atoms with Gasteiger partial charge >= 0.3 is 0 Å². The van der Waals surface area contributed by atoms with Crippen molar-refractivity contribution in [2.24, 2.45) is 16.6 Å². The topological polar surface area (TPSA) is 83.2 Å². The average molecular weight is 374 g/mol. The third-order valence-electron chi connectivity index (χ3n) is 5.39. The molecule has 1 aromatic carbocycles. The minimum Gasteiger partial charge on any atom is -0.379 e. The molecular formula is C20H31N5O2. The van der Waals surface area contributed by atoms with Crippen LogP contribution in [-0.2, 0) is 9.53 Å². The van der Waals surface area contributed by atoms with E-state index in [9.17, 15) is 4.79 Å². The lowest BCUT2D eigenvalue weighted by atomic mass is 9.94. The summed E-state index contributed by atoms with van der Waals surface area (Å²) in [4.78, 5) is 20.9. The Bertz CT molecular complexity index is 631. The van der Waals surface area contributed by atoms with Crippen LogP contribution < -0.4 is 11.1 Å². The first kappa shape index (κ1) is 19.6. The van der Waals surface area contributed by atoms with Gasteiger partial charge in [-0.25, -0.2) is 0 Å². The number of aliphatic imine (C=N–C) groups is 1. The third-order valence-corrected chi connectivity index (χ3v) is 5.39. The van der Waals surface area contributed by atoms with E-state index in [-0.39, 0.29) is 17.9 Å². The van der Waals surface area contributed by atoms with Crippen molar-refractivity contribution in [2.45, 2.75) is 18.9 Å². The summed E-state index contributed by atoms with van der Waals surface area (Å²) in [6.07, 6.45) is 1.54. The number of hydrogen-bond donors (Lipinski definition) is 2. The Hall–Kier alpha value is -2.12. The molecule has 3 rings (SSSR count). The van der Waals surface area contributed by atoms with Crippen molar-refractivity contribution in [3.63, 3.8) is 0 Å². The number of likely N-dealkylation sites (tertiary alicyclic amines) is 1. The normalized spacial score (nSPS) is 24.4. The Balaban J connectivity index is 1.46. The number of morpholine rings is 1. The molecule has 0 bridgehead atoms. The summed E-state index contributed by atoms with van der Waals surface area (Å²) in [6.45, 7) is 6.07. The van der Waals surface area contributed by atoms with E-state index in [1.54, 1.807) is 0 Å². The highest BCUT2D eigenvalue weighted by molar-refractivity contribution is 5.80. The molecule has 0 spiro atoms. The van der Waals surface area contributed by atoms with E-state index in [1.807, 2.05) is 30.1 Å². The van der Waals surface area contributed by atoms with E-state index in [2.05, 4.69) is 27.3 Å². The van der Waals surface area contributed by atoms with Gasteiger partial charge in [0, 0.05) is 45.6 Å². The Morgan fingerprint density at radius 3 is 2.78 bits per heavy atom. The average Bonchev–Trinajstić information content (AvgIpc) is 2.99. The van der Waals surface area contributed by atoms with Gasteiger partial charge in [0.15, 0.2) is 5.96 Å². The van der Waals surface area contributed by atoms with Crippen molar-refractivity contribution >= 4 is 11.9 Å². The Morgan fingerprint density at radius 2 is 2.04 bits per heavy atom. The number of hydrogen-bond acceptors (Lipinski definition) is 4. The molecular weight excluding hydrogens is 342 g/mol. The molecule has 2 aliphatic heterocycles. The van der Waals surface area contributed by atoms with Crippen LogP contribution in [0, 0.1) is 5.92 Å². The largest absolute Gasteiger partial charge is 0.379 e. The van der Waals surface area contributed by atoms with E-state index < -0.39 is 0 Å². The molecule has 27 heavy (non-hydrogen) atoms. The first-order chi connectivity index (χ1) is 13.1. The smallest absolute Gasteiger partial charge is 0.223 e. The second-order valence-corrected chi connectivity index (χ2v) is 7.28. The SMILES string of the molecule is CN1C(=O)CC(CN=C(N)NCCCN2CCOCC2)C1c1ccccc1. The van der Waals surface area contributed by atoms with Crippen molar-refractivity contribution in [1.29, 1.82) is 0 Å². The lowest BCUT2D eigenvalue weighted by Crippen LogP contribution is -2.39. The van der Waals surface area contributed by atoms with Crippen LogP contribution >= 0.6 is 0 Å². The lowest BCUT2D eigenvalue weighted by molar-refractivity contribution is -0.127. The number of carbonyl (C=O) groups is 1. The number of nitrogens with one attached hydrogen (secondary N) is 1. The molecule has 2 heterocycles. The Labute approximate surface area is 161 Å². The van der Waals surface area contributed by atoms with Crippen molar-refractivity contribution < 1.29 is 9.53 Å². The first-order valence-electron chi connectivity index (χ1n) is 9.79. The van der Waals surface area contributed by atoms with Crippen LogP contribution in [0.1, 0.15) is 24.4 Å². The van der Waals surface area contributed by atoms with Crippen LogP contribution in [0.2, 0.25) is 0 Å². The zero-order chi connectivity index (χ0) is 19.1. The van der Waals surface area contributed by atoms with Crippen molar-refractivity contribution in [2.75, 3.05) is 53.0 Å². The number of ether oxygens (including phenoxy) is 1. The fourth-order valence-corrected chi connectivity index (χ4v) is 3.88. The van der Waals surface area contributed by atoms with Crippen LogP contribution in [0.25, 0.3) is 0 Å². The van der Waals surface area contributed by atoms with Gasteiger partial charge in [0.05, 0.1) is 19.3 Å². The van der Waals surface area contributed by atoms with Crippen molar-refractivity contribution in [3.05, 3.63) is 35.9 Å². The molecule has 148 valence electrons. The maximum absolute atomic E-state index is 12.2. The number of guanidine groups is 1. The number of benzene rings is 1. The maximum Gasteiger partial charge on any atom is 0.223 e. The van der Waals surface area contributed by atoms with E-state index in [0.29, 0.717) is 18.9 Å². The summed E-state index contributed by atoms with van der Waals surface area (Å²) in [5.41, 5.74) is 7.19. The highest BCUT2D eigenvalue weighted by Crippen LogP contribution is 2.36. The van der Waals surface area contributed by atoms with Gasteiger partial charge in [-0.2, -0.15) is 0 Å². The third kappa shape index (κ3) is 5.43. The lowest BCUT2D eigenvalue weighted by Gasteiger charge is -2.26. The van der Waals surface area contributed by atoms with Gasteiger partial charge in [0.1, 0.15) is 0 Å². The molecule has 2 atom stereocenters. The van der Waals surface area contributed by atoms with Gasteiger partial charge < -0.3 is 20.7 Å². The van der Waals surface area contributed by atoms with E-state index in [1.165, 1.54) is 0 Å². The van der Waals surface area contributed by atoms with Gasteiger partial charge in [-0.1, -0.05) is 30.3 Å². The van der Waals surface area contributed by atoms with Crippen molar-refractivity contribution in [1.82, 2.24) is 15.1 Å². The predicted molar refractivity (Wildman–Crippen MR) is 106 cm³/mol. The Morgan fingerprint density at radius 1 is 1.30 bits per heavy atom. The summed E-state index contributed by atoms with van der Waals surface area (Å²) >= 11 is 0. The number of rotatable bonds is 7. The fraction of sp³-hybridized carbons (Fsp3) is 0.600. The van der Waals surface area contributed by atoms with Gasteiger partial charge in [-0.05, 0) is 18.5 Å². The maximum atomic E-state index is 12.2. The monoisotopic (exact) mass is 373 g/mol. The molecule has 0 aliphatic carbocycles. The molecule has 2 saturated heterocycles. The number of nitrogens with zero attached hydrogens (tertiary/aromatic N) is 3. The summed E-state index contributed by atoms with van der Waals surface area (Å²) in [5.74, 6) is 0.783. The van der Waals surface area contributed by atoms with Gasteiger partial charge in [-0.3, -0.25) is 14.7 Å². The minimum atomic E-state index is 0.0663. The van der Waals surface area contributed by atoms with Crippen LogP contribution in [0.15, 0.2) is 35.3 Å². The van der Waals surface area contributed by atoms with E-state index in [0.717, 1.165) is 51.4 Å². The summed E-state index contributed by atoms with van der Waals surface area (Å²) in [5, 5.41) is 3.19. The second kappa shape index (κ2) is 9.71. The molecule has 1 amide bonds. The van der Waals surface area contributed by atoms with E-state index in [4.69, 9.17) is 10.5 Å². The molecule has 3 N–H and O–H groups in total. The highest BCUT2D eigenvalue weighted by Gasteiger charge is 2.38. The van der Waals surface area contributed by atoms with Crippen LogP contribution in [-0.4, -0.2) is 74.7 Å². The Kier molecular flexibility index (Phi) is 7.06. The first-order valence-corrected chi connectivity index (χ1v) is 9.79. The van der Waals surface area contributed by atoms with Gasteiger partial charge in [0.25, 0.3) is 0 Å². The molecule has 7 nitrogen and oxygen atoms in total. The van der Waals surface area contributed by atoms with Gasteiger partial charge in [-0.15, -0.1) is 0 Å². The van der Waals surface area contributed by atoms with Crippen LogP contribution in [0.3, 0.4) is 0 Å².